The summed E-state index contributed by atoms with van der Waals surface area (Å²) in [6, 6.07) is 11.8. The number of carbonyl (C=O) groups is 2. The van der Waals surface area contributed by atoms with Gasteiger partial charge in [-0.3, -0.25) is 14.6 Å². The molecule has 0 radical (unpaired) electrons. The number of aliphatic imine (C=N–C) groups is 1. The maximum absolute atomic E-state index is 15.3. The van der Waals surface area contributed by atoms with Crippen molar-refractivity contribution < 1.29 is 23.1 Å². The monoisotopic (exact) mass is 474 g/mol. The Kier molecular flexibility index (Phi) is 6.16. The highest BCUT2D eigenvalue weighted by Crippen LogP contribution is 2.38. The first-order chi connectivity index (χ1) is 17.0. The molecule has 2 heterocycles. The minimum absolute atomic E-state index is 0.0577. The molecule has 0 aromatic heterocycles. The smallest absolute Gasteiger partial charge is 0.227 e. The molecule has 0 spiro atoms. The number of anilines is 1. The van der Waals surface area contributed by atoms with Crippen LogP contribution in [0.1, 0.15) is 42.3 Å². The van der Waals surface area contributed by atoms with Gasteiger partial charge in [-0.2, -0.15) is 0 Å². The first-order valence-corrected chi connectivity index (χ1v) is 11.6. The van der Waals surface area contributed by atoms with Gasteiger partial charge < -0.3 is 9.64 Å². The van der Waals surface area contributed by atoms with E-state index >= 15 is 8.78 Å². The molecule has 2 unspecified atom stereocenters. The van der Waals surface area contributed by atoms with Crippen LogP contribution in [0.2, 0.25) is 0 Å². The van der Waals surface area contributed by atoms with Gasteiger partial charge in [-0.05, 0) is 42.2 Å². The van der Waals surface area contributed by atoms with Crippen molar-refractivity contribution in [1.82, 2.24) is 0 Å². The van der Waals surface area contributed by atoms with E-state index in [1.807, 2.05) is 30.3 Å². The lowest BCUT2D eigenvalue weighted by molar-refractivity contribution is -0.117. The Hall–Kier alpha value is -3.87. The van der Waals surface area contributed by atoms with Gasteiger partial charge >= 0.3 is 0 Å². The highest BCUT2D eigenvalue weighted by molar-refractivity contribution is 6.11. The number of allylic oxidation sites excluding steroid dienone is 4. The number of methoxy groups -OCH3 is 1. The van der Waals surface area contributed by atoms with E-state index in [1.165, 1.54) is 18.1 Å². The normalized spacial score (nSPS) is 22.1. The standard InChI is InChI=1S/C28H24F2N2O3/c1-35-26-14-19(20-15-23(30)25(16-22(20)29)32-11-5-8-27(32)33)12-21(28(26)34)18-9-10-31-24(13-18)17-6-3-2-4-7-17/h2-4,6-7,9-10,12,14-16,19,24H,5,8,11,13H2,1H3. The van der Waals surface area contributed by atoms with Crippen LogP contribution < -0.4 is 4.90 Å². The van der Waals surface area contributed by atoms with Crippen molar-refractivity contribution >= 4 is 23.6 Å². The zero-order valence-electron chi connectivity index (χ0n) is 19.2. The summed E-state index contributed by atoms with van der Waals surface area (Å²) in [6.45, 7) is 0.364. The van der Waals surface area contributed by atoms with Crippen LogP contribution >= 0.6 is 0 Å². The average molecular weight is 475 g/mol. The lowest BCUT2D eigenvalue weighted by Crippen LogP contribution is -2.25. The summed E-state index contributed by atoms with van der Waals surface area (Å²) in [5.74, 6) is -2.50. The number of nitrogens with zero attached hydrogens (tertiary/aromatic N) is 2. The average Bonchev–Trinajstić information content (AvgIpc) is 3.31. The first kappa shape index (κ1) is 22.9. The Morgan fingerprint density at radius 2 is 1.86 bits per heavy atom. The largest absolute Gasteiger partial charge is 0.493 e. The third-order valence-electron chi connectivity index (χ3n) is 6.64. The van der Waals surface area contributed by atoms with Crippen LogP contribution in [0.15, 0.2) is 82.6 Å². The van der Waals surface area contributed by atoms with E-state index in [-0.39, 0.29) is 34.7 Å². The van der Waals surface area contributed by atoms with Gasteiger partial charge in [0.1, 0.15) is 11.6 Å². The minimum Gasteiger partial charge on any atom is -0.493 e. The minimum atomic E-state index is -0.717. The number of hydrogen-bond donors (Lipinski definition) is 0. The fourth-order valence-electron chi connectivity index (χ4n) is 4.83. The fraction of sp³-hybridized carbons (Fsp3) is 0.250. The van der Waals surface area contributed by atoms with Gasteiger partial charge in [0, 0.05) is 42.3 Å². The number of benzene rings is 2. The van der Waals surface area contributed by atoms with E-state index in [0.717, 1.165) is 23.3 Å². The van der Waals surface area contributed by atoms with Crippen LogP contribution in [0.5, 0.6) is 0 Å². The summed E-state index contributed by atoms with van der Waals surface area (Å²) in [5.41, 5.74) is 2.18. The molecule has 0 N–H and O–H groups in total. The molecule has 5 nitrogen and oxygen atoms in total. The second kappa shape index (κ2) is 9.41. The van der Waals surface area contributed by atoms with Crippen molar-refractivity contribution in [3.8, 4) is 0 Å². The zero-order valence-corrected chi connectivity index (χ0v) is 19.2. The molecule has 5 rings (SSSR count). The fourth-order valence-corrected chi connectivity index (χ4v) is 4.83. The van der Waals surface area contributed by atoms with Gasteiger partial charge in [-0.15, -0.1) is 0 Å². The molecule has 1 saturated heterocycles. The SMILES string of the molecule is COC1=CC(c2cc(F)c(N3CCCC3=O)cc2F)C=C(C2=CC=NC(c3ccccc3)C2)C1=O. The van der Waals surface area contributed by atoms with Crippen molar-refractivity contribution in [3.63, 3.8) is 0 Å². The summed E-state index contributed by atoms with van der Waals surface area (Å²) >= 11 is 0. The van der Waals surface area contributed by atoms with Crippen LogP contribution in [-0.4, -0.2) is 31.6 Å². The van der Waals surface area contributed by atoms with Crippen molar-refractivity contribution in [1.29, 1.82) is 0 Å². The van der Waals surface area contributed by atoms with Gasteiger partial charge in [0.2, 0.25) is 11.7 Å². The molecule has 2 aromatic carbocycles. The Morgan fingerprint density at radius 1 is 1.06 bits per heavy atom. The summed E-state index contributed by atoms with van der Waals surface area (Å²) in [7, 11) is 1.38. The molecular weight excluding hydrogens is 450 g/mol. The molecule has 1 aliphatic carbocycles. The van der Waals surface area contributed by atoms with Crippen molar-refractivity contribution in [2.75, 3.05) is 18.6 Å². The van der Waals surface area contributed by atoms with Crippen LogP contribution in [-0.2, 0) is 14.3 Å². The molecule has 1 amide bonds. The maximum Gasteiger partial charge on any atom is 0.227 e. The number of Topliss-reactive ketones (excluding diaryl/α,β-unsaturated/α-hetero) is 1. The molecule has 2 atom stereocenters. The number of rotatable bonds is 5. The van der Waals surface area contributed by atoms with E-state index in [0.29, 0.717) is 31.4 Å². The molecule has 0 saturated carbocycles. The van der Waals surface area contributed by atoms with E-state index in [9.17, 15) is 9.59 Å². The molecule has 0 bridgehead atoms. The van der Waals surface area contributed by atoms with E-state index in [4.69, 9.17) is 4.74 Å². The van der Waals surface area contributed by atoms with E-state index in [1.54, 1.807) is 18.4 Å². The number of halogens is 2. The number of amides is 1. The molecule has 35 heavy (non-hydrogen) atoms. The molecular formula is C28H24F2N2O3. The first-order valence-electron chi connectivity index (χ1n) is 11.6. The lowest BCUT2D eigenvalue weighted by atomic mass is 9.83. The zero-order chi connectivity index (χ0) is 24.5. The summed E-state index contributed by atoms with van der Waals surface area (Å²) in [6.07, 6.45) is 8.02. The van der Waals surface area contributed by atoms with Crippen molar-refractivity contribution in [3.05, 3.63) is 100 Å². The summed E-state index contributed by atoms with van der Waals surface area (Å²) < 4.78 is 35.6. The van der Waals surface area contributed by atoms with Crippen LogP contribution in [0.25, 0.3) is 0 Å². The quantitative estimate of drug-likeness (QED) is 0.587. The van der Waals surface area contributed by atoms with Gasteiger partial charge in [-0.1, -0.05) is 36.4 Å². The number of ether oxygens (including phenoxy) is 1. The molecule has 2 aliphatic heterocycles. The lowest BCUT2D eigenvalue weighted by Gasteiger charge is -2.25. The van der Waals surface area contributed by atoms with Gasteiger partial charge in [-0.25, -0.2) is 8.78 Å². The van der Waals surface area contributed by atoms with Gasteiger partial charge in [0.25, 0.3) is 0 Å². The second-order valence-corrected chi connectivity index (χ2v) is 8.77. The topological polar surface area (TPSA) is 59.0 Å². The van der Waals surface area contributed by atoms with Crippen molar-refractivity contribution in [2.24, 2.45) is 4.99 Å². The highest BCUT2D eigenvalue weighted by Gasteiger charge is 2.31. The summed E-state index contributed by atoms with van der Waals surface area (Å²) in [5, 5.41) is 0. The molecule has 1 fully saturated rings. The van der Waals surface area contributed by atoms with Gasteiger partial charge in [0.05, 0.1) is 18.8 Å². The van der Waals surface area contributed by atoms with Crippen LogP contribution in [0.4, 0.5) is 14.5 Å². The summed E-state index contributed by atoms with van der Waals surface area (Å²) in [4.78, 5) is 31.0. The van der Waals surface area contributed by atoms with E-state index in [2.05, 4.69) is 4.99 Å². The van der Waals surface area contributed by atoms with Crippen LogP contribution in [0, 0.1) is 11.6 Å². The number of ketones is 1. The van der Waals surface area contributed by atoms with Crippen LogP contribution in [0.3, 0.4) is 0 Å². The highest BCUT2D eigenvalue weighted by atomic mass is 19.1. The molecule has 2 aromatic rings. The van der Waals surface area contributed by atoms with Gasteiger partial charge in [0.15, 0.2) is 5.76 Å². The van der Waals surface area contributed by atoms with Crippen molar-refractivity contribution in [2.45, 2.75) is 31.2 Å². The maximum atomic E-state index is 15.3. The predicted molar refractivity (Wildman–Crippen MR) is 129 cm³/mol. The Labute approximate surface area is 202 Å². The third-order valence-corrected chi connectivity index (χ3v) is 6.64. The Bertz CT molecular complexity index is 1310. The molecule has 178 valence electrons. The Balaban J connectivity index is 1.49. The number of carbonyl (C=O) groups excluding carboxylic acids is 2. The molecule has 7 heteroatoms. The number of dihydropyridines is 1. The number of hydrogen-bond acceptors (Lipinski definition) is 4. The third kappa shape index (κ3) is 4.34. The second-order valence-electron chi connectivity index (χ2n) is 8.77. The Morgan fingerprint density at radius 3 is 2.57 bits per heavy atom. The predicted octanol–water partition coefficient (Wildman–Crippen LogP) is 5.36. The van der Waals surface area contributed by atoms with E-state index < -0.39 is 17.6 Å². The molecule has 3 aliphatic rings.